The number of carbonyl (C=O) groups is 1. The Morgan fingerprint density at radius 1 is 0.893 bits per heavy atom. The SMILES string of the molecule is CCOc1cc(CNc2cccc(C(=O)O)c2)ccc1OCc1ccccc1. The highest BCUT2D eigenvalue weighted by atomic mass is 16.5. The van der Waals surface area contributed by atoms with Gasteiger partial charge in [0.15, 0.2) is 11.5 Å². The van der Waals surface area contributed by atoms with Crippen LogP contribution in [0.2, 0.25) is 0 Å². The Balaban J connectivity index is 1.68. The molecule has 5 heteroatoms. The van der Waals surface area contributed by atoms with E-state index < -0.39 is 5.97 Å². The molecule has 0 saturated heterocycles. The van der Waals surface area contributed by atoms with Gasteiger partial charge in [-0.15, -0.1) is 0 Å². The molecule has 0 bridgehead atoms. The van der Waals surface area contributed by atoms with Crippen LogP contribution >= 0.6 is 0 Å². The summed E-state index contributed by atoms with van der Waals surface area (Å²) in [7, 11) is 0. The monoisotopic (exact) mass is 377 g/mol. The van der Waals surface area contributed by atoms with E-state index in [1.54, 1.807) is 18.2 Å². The molecule has 0 aliphatic heterocycles. The van der Waals surface area contributed by atoms with Crippen LogP contribution in [0.1, 0.15) is 28.4 Å². The molecule has 0 spiro atoms. The first kappa shape index (κ1) is 19.3. The van der Waals surface area contributed by atoms with Crippen LogP contribution in [0.5, 0.6) is 11.5 Å². The first-order valence-corrected chi connectivity index (χ1v) is 9.15. The van der Waals surface area contributed by atoms with Crippen LogP contribution in [-0.2, 0) is 13.2 Å². The zero-order valence-corrected chi connectivity index (χ0v) is 15.7. The van der Waals surface area contributed by atoms with Crippen molar-refractivity contribution in [1.82, 2.24) is 0 Å². The standard InChI is InChI=1S/C23H23NO4/c1-2-27-22-13-18(15-24-20-10-6-9-19(14-20)23(25)26)11-12-21(22)28-16-17-7-4-3-5-8-17/h3-14,24H,2,15-16H2,1H3,(H,25,26). The lowest BCUT2D eigenvalue weighted by molar-refractivity contribution is 0.0697. The summed E-state index contributed by atoms with van der Waals surface area (Å²) in [6.07, 6.45) is 0. The second-order valence-electron chi connectivity index (χ2n) is 6.23. The van der Waals surface area contributed by atoms with Crippen LogP contribution in [-0.4, -0.2) is 17.7 Å². The summed E-state index contributed by atoms with van der Waals surface area (Å²) >= 11 is 0. The van der Waals surface area contributed by atoms with E-state index in [1.807, 2.05) is 61.5 Å². The molecule has 0 heterocycles. The lowest BCUT2D eigenvalue weighted by Gasteiger charge is -2.14. The molecule has 3 aromatic rings. The van der Waals surface area contributed by atoms with Crippen LogP contribution in [0, 0.1) is 0 Å². The van der Waals surface area contributed by atoms with Gasteiger partial charge in [-0.2, -0.15) is 0 Å². The van der Waals surface area contributed by atoms with Gasteiger partial charge in [-0.05, 0) is 48.4 Å². The van der Waals surface area contributed by atoms with Gasteiger partial charge in [0.05, 0.1) is 12.2 Å². The van der Waals surface area contributed by atoms with Gasteiger partial charge < -0.3 is 19.9 Å². The van der Waals surface area contributed by atoms with E-state index in [0.29, 0.717) is 31.3 Å². The van der Waals surface area contributed by atoms with Crippen molar-refractivity contribution >= 4 is 11.7 Å². The number of rotatable bonds is 9. The molecule has 0 amide bonds. The highest BCUT2D eigenvalue weighted by molar-refractivity contribution is 5.88. The Morgan fingerprint density at radius 2 is 1.71 bits per heavy atom. The second-order valence-corrected chi connectivity index (χ2v) is 6.23. The van der Waals surface area contributed by atoms with E-state index >= 15 is 0 Å². The highest BCUT2D eigenvalue weighted by Gasteiger charge is 2.08. The fourth-order valence-corrected chi connectivity index (χ4v) is 2.75. The van der Waals surface area contributed by atoms with E-state index in [1.165, 1.54) is 0 Å². The van der Waals surface area contributed by atoms with Crippen LogP contribution in [0.25, 0.3) is 0 Å². The lowest BCUT2D eigenvalue weighted by Crippen LogP contribution is -2.04. The smallest absolute Gasteiger partial charge is 0.335 e. The molecule has 0 aromatic heterocycles. The first-order chi connectivity index (χ1) is 13.7. The van der Waals surface area contributed by atoms with Crippen molar-refractivity contribution in [2.45, 2.75) is 20.1 Å². The number of carboxylic acid groups (broad SMARTS) is 1. The Labute approximate surface area is 164 Å². The molecule has 0 unspecified atom stereocenters. The van der Waals surface area contributed by atoms with E-state index in [2.05, 4.69) is 5.32 Å². The molecular weight excluding hydrogens is 354 g/mol. The van der Waals surface area contributed by atoms with Crippen LogP contribution < -0.4 is 14.8 Å². The molecule has 3 aromatic carbocycles. The Morgan fingerprint density at radius 3 is 2.46 bits per heavy atom. The predicted molar refractivity (Wildman–Crippen MR) is 109 cm³/mol. The minimum Gasteiger partial charge on any atom is -0.490 e. The van der Waals surface area contributed by atoms with E-state index in [-0.39, 0.29) is 5.56 Å². The first-order valence-electron chi connectivity index (χ1n) is 9.15. The number of carboxylic acids is 1. The van der Waals surface area contributed by atoms with Crippen molar-refractivity contribution < 1.29 is 19.4 Å². The van der Waals surface area contributed by atoms with Crippen LogP contribution in [0.15, 0.2) is 72.8 Å². The topological polar surface area (TPSA) is 67.8 Å². The van der Waals surface area contributed by atoms with Gasteiger partial charge in [0.1, 0.15) is 6.61 Å². The summed E-state index contributed by atoms with van der Waals surface area (Å²) < 4.78 is 11.7. The van der Waals surface area contributed by atoms with Crippen molar-refractivity contribution in [2.24, 2.45) is 0 Å². The van der Waals surface area contributed by atoms with Crippen molar-refractivity contribution in [2.75, 3.05) is 11.9 Å². The lowest BCUT2D eigenvalue weighted by atomic mass is 10.1. The number of hydrogen-bond donors (Lipinski definition) is 2. The maximum absolute atomic E-state index is 11.1. The van der Waals surface area contributed by atoms with Gasteiger partial charge in [0, 0.05) is 12.2 Å². The van der Waals surface area contributed by atoms with Gasteiger partial charge in [-0.25, -0.2) is 4.79 Å². The van der Waals surface area contributed by atoms with Crippen molar-refractivity contribution in [1.29, 1.82) is 0 Å². The summed E-state index contributed by atoms with van der Waals surface area (Å²) in [5, 5.41) is 12.3. The molecule has 0 fully saturated rings. The third-order valence-electron chi connectivity index (χ3n) is 4.15. The van der Waals surface area contributed by atoms with Crippen LogP contribution in [0.3, 0.4) is 0 Å². The molecule has 3 rings (SSSR count). The van der Waals surface area contributed by atoms with Gasteiger partial charge in [0.2, 0.25) is 0 Å². The maximum atomic E-state index is 11.1. The Kier molecular flexibility index (Phi) is 6.52. The zero-order valence-electron chi connectivity index (χ0n) is 15.7. The van der Waals surface area contributed by atoms with E-state index in [4.69, 9.17) is 14.6 Å². The third kappa shape index (κ3) is 5.27. The van der Waals surface area contributed by atoms with Crippen molar-refractivity contribution in [3.05, 3.63) is 89.5 Å². The molecular formula is C23H23NO4. The molecule has 5 nitrogen and oxygen atoms in total. The summed E-state index contributed by atoms with van der Waals surface area (Å²) in [4.78, 5) is 11.1. The summed E-state index contributed by atoms with van der Waals surface area (Å²) in [6, 6.07) is 22.5. The number of nitrogens with one attached hydrogen (secondary N) is 1. The van der Waals surface area contributed by atoms with Gasteiger partial charge in [-0.1, -0.05) is 42.5 Å². The molecule has 28 heavy (non-hydrogen) atoms. The van der Waals surface area contributed by atoms with Gasteiger partial charge in [-0.3, -0.25) is 0 Å². The average Bonchev–Trinajstić information content (AvgIpc) is 2.73. The minimum absolute atomic E-state index is 0.254. The highest BCUT2D eigenvalue weighted by Crippen LogP contribution is 2.29. The fourth-order valence-electron chi connectivity index (χ4n) is 2.75. The van der Waals surface area contributed by atoms with Gasteiger partial charge in [0.25, 0.3) is 0 Å². The molecule has 0 atom stereocenters. The number of hydrogen-bond acceptors (Lipinski definition) is 4. The zero-order chi connectivity index (χ0) is 19.8. The summed E-state index contributed by atoms with van der Waals surface area (Å²) in [6.45, 7) is 3.49. The molecule has 0 aliphatic carbocycles. The second kappa shape index (κ2) is 9.46. The fraction of sp³-hybridized carbons (Fsp3) is 0.174. The molecule has 0 radical (unpaired) electrons. The molecule has 144 valence electrons. The minimum atomic E-state index is -0.942. The van der Waals surface area contributed by atoms with E-state index in [0.717, 1.165) is 16.8 Å². The number of anilines is 1. The number of ether oxygens (including phenoxy) is 2. The van der Waals surface area contributed by atoms with Crippen molar-refractivity contribution in [3.63, 3.8) is 0 Å². The molecule has 0 aliphatic rings. The van der Waals surface area contributed by atoms with E-state index in [9.17, 15) is 4.79 Å². The summed E-state index contributed by atoms with van der Waals surface area (Å²) in [5.41, 5.74) is 3.11. The third-order valence-corrected chi connectivity index (χ3v) is 4.15. The Bertz CT molecular complexity index is 925. The number of benzene rings is 3. The number of aromatic carboxylic acids is 1. The quantitative estimate of drug-likeness (QED) is 0.551. The molecule has 2 N–H and O–H groups in total. The van der Waals surface area contributed by atoms with Crippen LogP contribution in [0.4, 0.5) is 5.69 Å². The largest absolute Gasteiger partial charge is 0.490 e. The van der Waals surface area contributed by atoms with Crippen molar-refractivity contribution in [3.8, 4) is 11.5 Å². The molecule has 0 saturated carbocycles. The maximum Gasteiger partial charge on any atom is 0.335 e. The predicted octanol–water partition coefficient (Wildman–Crippen LogP) is 4.97. The van der Waals surface area contributed by atoms with Gasteiger partial charge >= 0.3 is 5.97 Å². The normalized spacial score (nSPS) is 10.3. The summed E-state index contributed by atoms with van der Waals surface area (Å²) in [5.74, 6) is 0.446. The average molecular weight is 377 g/mol. The Hall–Kier alpha value is -3.47.